The van der Waals surface area contributed by atoms with Crippen molar-refractivity contribution in [2.24, 2.45) is 17.6 Å². The summed E-state index contributed by atoms with van der Waals surface area (Å²) >= 11 is 0. The predicted molar refractivity (Wildman–Crippen MR) is 114 cm³/mol. The highest BCUT2D eigenvalue weighted by molar-refractivity contribution is 6.00. The maximum atomic E-state index is 12.8. The van der Waals surface area contributed by atoms with Crippen LogP contribution < -0.4 is 16.0 Å². The zero-order valence-corrected chi connectivity index (χ0v) is 16.1. The molecule has 1 aliphatic carbocycles. The van der Waals surface area contributed by atoms with Gasteiger partial charge in [-0.25, -0.2) is 4.98 Å². The molecule has 0 saturated heterocycles. The average Bonchev–Trinajstić information content (AvgIpc) is 3.23. The first-order valence-corrected chi connectivity index (χ1v) is 9.87. The number of para-hydroxylation sites is 1. The number of nitrogens with one attached hydrogen (secondary N) is 3. The van der Waals surface area contributed by atoms with Gasteiger partial charge in [-0.05, 0) is 49.8 Å². The fraction of sp³-hybridized carbons (Fsp3) is 0.333. The Morgan fingerprint density at radius 2 is 1.97 bits per heavy atom. The summed E-state index contributed by atoms with van der Waals surface area (Å²) < 4.78 is 0. The minimum Gasteiger partial charge on any atom is -0.370 e. The number of aromatic nitrogens is 3. The predicted octanol–water partition coefficient (Wildman–Crippen LogP) is 3.10. The number of hydrogen-bond acceptors (Lipinski definition) is 4. The van der Waals surface area contributed by atoms with Crippen molar-refractivity contribution in [2.45, 2.75) is 25.7 Å². The maximum Gasteiger partial charge on any atom is 0.227 e. The number of anilines is 2. The SMILES string of the molecule is N=C(N)N(CC1CCC(C(=O)Nc2ccnc3[nH]ncc23)CC1)c1ccccc1. The van der Waals surface area contributed by atoms with Crippen molar-refractivity contribution in [3.63, 3.8) is 0 Å². The van der Waals surface area contributed by atoms with Gasteiger partial charge in [-0.1, -0.05) is 18.2 Å². The molecule has 1 aromatic carbocycles. The standard InChI is InChI=1S/C21H25N7O/c22-21(23)28(16-4-2-1-3-5-16)13-14-6-8-15(9-7-14)20(29)26-18-10-11-24-19-17(18)12-25-27-19/h1-5,10-12,14-15H,6-9,13H2,(H3,22,23)(H2,24,25,26,27,29). The van der Waals surface area contributed by atoms with Crippen molar-refractivity contribution in [3.8, 4) is 0 Å². The highest BCUT2D eigenvalue weighted by Crippen LogP contribution is 2.31. The molecule has 1 amide bonds. The van der Waals surface area contributed by atoms with Crippen LogP contribution in [0.4, 0.5) is 11.4 Å². The zero-order chi connectivity index (χ0) is 20.2. The van der Waals surface area contributed by atoms with E-state index in [0.29, 0.717) is 18.1 Å². The van der Waals surface area contributed by atoms with Gasteiger partial charge < -0.3 is 16.0 Å². The Morgan fingerprint density at radius 1 is 1.21 bits per heavy atom. The van der Waals surface area contributed by atoms with E-state index in [2.05, 4.69) is 20.5 Å². The van der Waals surface area contributed by atoms with E-state index in [1.165, 1.54) is 0 Å². The van der Waals surface area contributed by atoms with Gasteiger partial charge in [0.25, 0.3) is 0 Å². The number of carbonyl (C=O) groups excluding carboxylic acids is 1. The molecule has 150 valence electrons. The third-order valence-electron chi connectivity index (χ3n) is 5.63. The number of H-pyrrole nitrogens is 1. The largest absolute Gasteiger partial charge is 0.370 e. The first-order valence-electron chi connectivity index (χ1n) is 9.87. The van der Waals surface area contributed by atoms with Gasteiger partial charge >= 0.3 is 0 Å². The molecule has 2 heterocycles. The molecule has 2 aromatic heterocycles. The summed E-state index contributed by atoms with van der Waals surface area (Å²) in [6, 6.07) is 11.6. The smallest absolute Gasteiger partial charge is 0.227 e. The Balaban J connectivity index is 1.34. The second-order valence-corrected chi connectivity index (χ2v) is 7.53. The molecule has 29 heavy (non-hydrogen) atoms. The van der Waals surface area contributed by atoms with E-state index < -0.39 is 0 Å². The van der Waals surface area contributed by atoms with Crippen LogP contribution in [-0.4, -0.2) is 33.6 Å². The van der Waals surface area contributed by atoms with Crippen LogP contribution >= 0.6 is 0 Å². The first-order chi connectivity index (χ1) is 14.1. The molecule has 0 atom stereocenters. The summed E-state index contributed by atoms with van der Waals surface area (Å²) in [6.45, 7) is 0.702. The van der Waals surface area contributed by atoms with Crippen LogP contribution in [0.2, 0.25) is 0 Å². The summed E-state index contributed by atoms with van der Waals surface area (Å²) in [5.41, 5.74) is 8.15. The number of nitrogens with zero attached hydrogens (tertiary/aromatic N) is 3. The molecular formula is C21H25N7O. The van der Waals surface area contributed by atoms with Crippen molar-refractivity contribution >= 4 is 34.3 Å². The zero-order valence-electron chi connectivity index (χ0n) is 16.1. The highest BCUT2D eigenvalue weighted by atomic mass is 16.1. The minimum atomic E-state index is -0.0103. The molecule has 0 spiro atoms. The van der Waals surface area contributed by atoms with E-state index in [-0.39, 0.29) is 17.8 Å². The molecule has 0 unspecified atom stereocenters. The number of pyridine rings is 1. The maximum absolute atomic E-state index is 12.8. The molecule has 8 heteroatoms. The van der Waals surface area contributed by atoms with E-state index in [9.17, 15) is 4.79 Å². The quantitative estimate of drug-likeness (QED) is 0.393. The Morgan fingerprint density at radius 3 is 2.69 bits per heavy atom. The average molecular weight is 391 g/mol. The lowest BCUT2D eigenvalue weighted by Gasteiger charge is -2.32. The highest BCUT2D eigenvalue weighted by Gasteiger charge is 2.28. The number of amides is 1. The lowest BCUT2D eigenvalue weighted by Crippen LogP contribution is -2.41. The van der Waals surface area contributed by atoms with Gasteiger partial charge in [-0.2, -0.15) is 5.10 Å². The second kappa shape index (κ2) is 8.30. The molecule has 0 radical (unpaired) electrons. The third-order valence-corrected chi connectivity index (χ3v) is 5.63. The van der Waals surface area contributed by atoms with Crippen molar-refractivity contribution in [1.29, 1.82) is 5.41 Å². The van der Waals surface area contributed by atoms with Gasteiger partial charge in [0.2, 0.25) is 5.91 Å². The Kier molecular flexibility index (Phi) is 5.41. The van der Waals surface area contributed by atoms with Gasteiger partial charge in [0.05, 0.1) is 17.3 Å². The van der Waals surface area contributed by atoms with Crippen LogP contribution in [0.3, 0.4) is 0 Å². The third kappa shape index (κ3) is 4.21. The summed E-state index contributed by atoms with van der Waals surface area (Å²) in [5, 5.41) is 18.6. The van der Waals surface area contributed by atoms with Crippen molar-refractivity contribution in [3.05, 3.63) is 48.8 Å². The van der Waals surface area contributed by atoms with Crippen molar-refractivity contribution in [2.75, 3.05) is 16.8 Å². The van der Waals surface area contributed by atoms with E-state index in [1.807, 2.05) is 35.2 Å². The summed E-state index contributed by atoms with van der Waals surface area (Å²) in [5.74, 6) is 0.495. The number of benzene rings is 1. The van der Waals surface area contributed by atoms with Crippen LogP contribution in [0.5, 0.6) is 0 Å². The van der Waals surface area contributed by atoms with Crippen LogP contribution in [0.1, 0.15) is 25.7 Å². The van der Waals surface area contributed by atoms with Gasteiger partial charge in [0.15, 0.2) is 11.6 Å². The van der Waals surface area contributed by atoms with E-state index in [1.54, 1.807) is 18.5 Å². The van der Waals surface area contributed by atoms with Crippen LogP contribution in [0.15, 0.2) is 48.8 Å². The van der Waals surface area contributed by atoms with Crippen LogP contribution in [0, 0.1) is 17.2 Å². The number of hydrogen-bond donors (Lipinski definition) is 4. The van der Waals surface area contributed by atoms with Gasteiger partial charge in [0, 0.05) is 24.3 Å². The molecule has 1 fully saturated rings. The molecule has 4 rings (SSSR count). The molecule has 0 bridgehead atoms. The number of fused-ring (bicyclic) bond motifs is 1. The number of rotatable bonds is 5. The summed E-state index contributed by atoms with van der Waals surface area (Å²) in [7, 11) is 0. The summed E-state index contributed by atoms with van der Waals surface area (Å²) in [4.78, 5) is 18.8. The Labute approximate surface area is 169 Å². The minimum absolute atomic E-state index is 0.0103. The van der Waals surface area contributed by atoms with E-state index in [0.717, 1.165) is 42.4 Å². The van der Waals surface area contributed by atoms with Crippen molar-refractivity contribution in [1.82, 2.24) is 15.2 Å². The van der Waals surface area contributed by atoms with Crippen LogP contribution in [-0.2, 0) is 4.79 Å². The summed E-state index contributed by atoms with van der Waals surface area (Å²) in [6.07, 6.45) is 6.87. The monoisotopic (exact) mass is 391 g/mol. The molecular weight excluding hydrogens is 366 g/mol. The van der Waals surface area contributed by atoms with E-state index in [4.69, 9.17) is 11.1 Å². The van der Waals surface area contributed by atoms with Gasteiger partial charge in [-0.3, -0.25) is 15.3 Å². The molecule has 1 saturated carbocycles. The van der Waals surface area contributed by atoms with Gasteiger partial charge in [-0.15, -0.1) is 0 Å². The number of guanidine groups is 1. The molecule has 3 aromatic rings. The number of aromatic amines is 1. The fourth-order valence-electron chi connectivity index (χ4n) is 4.01. The molecule has 8 nitrogen and oxygen atoms in total. The first kappa shape index (κ1) is 18.9. The Hall–Kier alpha value is -3.42. The second-order valence-electron chi connectivity index (χ2n) is 7.53. The Bertz CT molecular complexity index is 992. The van der Waals surface area contributed by atoms with E-state index >= 15 is 0 Å². The molecule has 1 aliphatic rings. The molecule has 5 N–H and O–H groups in total. The number of carbonyl (C=O) groups is 1. The van der Waals surface area contributed by atoms with Crippen molar-refractivity contribution < 1.29 is 4.79 Å². The lowest BCUT2D eigenvalue weighted by molar-refractivity contribution is -0.121. The number of nitrogens with two attached hydrogens (primary N) is 1. The van der Waals surface area contributed by atoms with Gasteiger partial charge in [0.1, 0.15) is 0 Å². The molecule has 0 aliphatic heterocycles. The normalized spacial score (nSPS) is 19.0. The van der Waals surface area contributed by atoms with Crippen LogP contribution in [0.25, 0.3) is 11.0 Å². The fourth-order valence-corrected chi connectivity index (χ4v) is 4.01. The lowest BCUT2D eigenvalue weighted by atomic mass is 9.81. The topological polar surface area (TPSA) is 124 Å².